The molecular weight excluding hydrogens is 362 g/mol. The van der Waals surface area contributed by atoms with Gasteiger partial charge in [0.1, 0.15) is 5.78 Å². The molecule has 2 amide bonds. The van der Waals surface area contributed by atoms with E-state index >= 15 is 0 Å². The van der Waals surface area contributed by atoms with E-state index < -0.39 is 11.8 Å². The summed E-state index contributed by atoms with van der Waals surface area (Å²) in [7, 11) is 0. The molecule has 4 heteroatoms. The van der Waals surface area contributed by atoms with Crippen LogP contribution in [-0.2, 0) is 14.4 Å². The van der Waals surface area contributed by atoms with Gasteiger partial charge in [0.2, 0.25) is 11.8 Å². The molecule has 6 fully saturated rings. The Morgan fingerprint density at radius 3 is 2.07 bits per heavy atom. The molecule has 0 N–H and O–H groups in total. The van der Waals surface area contributed by atoms with E-state index in [9.17, 15) is 14.4 Å². The number of hydrogen-bond acceptors (Lipinski definition) is 3. The fourth-order valence-electron chi connectivity index (χ4n) is 9.00. The summed E-state index contributed by atoms with van der Waals surface area (Å²) in [6.45, 7) is 0.616. The average molecular weight is 389 g/mol. The number of carbonyl (C=O) groups is 3. The van der Waals surface area contributed by atoms with Crippen molar-refractivity contribution in [1.29, 1.82) is 0 Å². The lowest BCUT2D eigenvalue weighted by Crippen LogP contribution is -2.52. The minimum absolute atomic E-state index is 0.0211. The van der Waals surface area contributed by atoms with E-state index in [1.807, 2.05) is 18.2 Å². The Hall–Kier alpha value is -1.97. The van der Waals surface area contributed by atoms with Crippen molar-refractivity contribution in [3.8, 4) is 0 Å². The first-order chi connectivity index (χ1) is 14.0. The van der Waals surface area contributed by atoms with Crippen molar-refractivity contribution in [2.75, 3.05) is 6.54 Å². The van der Waals surface area contributed by atoms with Gasteiger partial charge in [-0.05, 0) is 72.8 Å². The molecule has 6 bridgehead atoms. The maximum Gasteiger partial charge on any atom is 0.234 e. The zero-order chi connectivity index (χ0) is 19.5. The van der Waals surface area contributed by atoms with Gasteiger partial charge in [-0.15, -0.1) is 0 Å². The average Bonchev–Trinajstić information content (AvgIpc) is 2.93. The number of amides is 2. The minimum Gasteiger partial charge on any atom is -0.299 e. The van der Waals surface area contributed by atoms with Crippen LogP contribution in [0.2, 0.25) is 0 Å². The first-order valence-corrected chi connectivity index (χ1v) is 11.5. The molecule has 150 valence electrons. The molecule has 0 spiro atoms. The number of nitrogens with zero attached hydrogens (tertiary/aromatic N) is 1. The van der Waals surface area contributed by atoms with E-state index in [2.05, 4.69) is 6.07 Å². The van der Waals surface area contributed by atoms with Crippen molar-refractivity contribution in [3.05, 3.63) is 35.4 Å². The summed E-state index contributed by atoms with van der Waals surface area (Å²) in [6.07, 6.45) is 8.08. The standard InChI is InChI=1S/C25H27NO3/c27-19-8-18-16-3-1-2-4-17(16)20(19)22-21(18)23(28)26(24(22)29)12-25-9-13-5-14(10-25)7-15(6-13)11-25/h1-4,13-15,18,20-22H,5-12H2. The Kier molecular flexibility index (Phi) is 3.12. The fraction of sp³-hybridized carbons (Fsp3) is 0.640. The van der Waals surface area contributed by atoms with E-state index in [1.54, 1.807) is 4.90 Å². The van der Waals surface area contributed by atoms with Gasteiger partial charge in [0.15, 0.2) is 0 Å². The van der Waals surface area contributed by atoms with Crippen molar-refractivity contribution in [1.82, 2.24) is 4.90 Å². The molecule has 9 rings (SSSR count). The molecule has 1 heterocycles. The van der Waals surface area contributed by atoms with Crippen LogP contribution in [0.25, 0.3) is 0 Å². The number of Topliss-reactive ketones (excluding diaryl/α,β-unsaturated/α-hetero) is 1. The van der Waals surface area contributed by atoms with Gasteiger partial charge in [-0.3, -0.25) is 19.3 Å². The lowest BCUT2D eigenvalue weighted by Gasteiger charge is -2.57. The molecule has 0 radical (unpaired) electrons. The highest BCUT2D eigenvalue weighted by molar-refractivity contribution is 6.11. The van der Waals surface area contributed by atoms with Crippen LogP contribution in [-0.4, -0.2) is 29.0 Å². The van der Waals surface area contributed by atoms with E-state index in [4.69, 9.17) is 0 Å². The Morgan fingerprint density at radius 1 is 0.828 bits per heavy atom. The van der Waals surface area contributed by atoms with Crippen molar-refractivity contribution in [3.63, 3.8) is 0 Å². The summed E-state index contributed by atoms with van der Waals surface area (Å²) in [4.78, 5) is 41.6. The predicted octanol–water partition coefficient (Wildman–Crippen LogP) is 3.66. The summed E-state index contributed by atoms with van der Waals surface area (Å²) < 4.78 is 0. The summed E-state index contributed by atoms with van der Waals surface area (Å²) in [5.74, 6) is 1.28. The van der Waals surface area contributed by atoms with Gasteiger partial charge < -0.3 is 0 Å². The topological polar surface area (TPSA) is 54.5 Å². The summed E-state index contributed by atoms with van der Waals surface area (Å²) in [6, 6.07) is 8.01. The first kappa shape index (κ1) is 16.8. The number of hydrogen-bond donors (Lipinski definition) is 0. The van der Waals surface area contributed by atoms with Crippen molar-refractivity contribution in [2.24, 2.45) is 35.0 Å². The van der Waals surface area contributed by atoms with Crippen LogP contribution in [0.3, 0.4) is 0 Å². The molecule has 7 aliphatic carbocycles. The Bertz CT molecular complexity index is 929. The number of ketones is 1. The van der Waals surface area contributed by atoms with Gasteiger partial charge in [0.25, 0.3) is 0 Å². The van der Waals surface area contributed by atoms with E-state index in [0.29, 0.717) is 13.0 Å². The van der Waals surface area contributed by atoms with Gasteiger partial charge >= 0.3 is 0 Å². The number of carbonyl (C=O) groups excluding carboxylic acids is 3. The summed E-state index contributed by atoms with van der Waals surface area (Å²) >= 11 is 0. The molecule has 0 aromatic heterocycles. The Balaban J connectivity index is 1.25. The summed E-state index contributed by atoms with van der Waals surface area (Å²) in [5, 5.41) is 0. The van der Waals surface area contributed by atoms with Crippen molar-refractivity contribution >= 4 is 17.6 Å². The number of imide groups is 1. The molecule has 8 aliphatic rings. The number of likely N-dealkylation sites (tertiary alicyclic amines) is 1. The van der Waals surface area contributed by atoms with E-state index in [-0.39, 0.29) is 34.8 Å². The third-order valence-corrected chi connectivity index (χ3v) is 9.44. The molecular formula is C25H27NO3. The van der Waals surface area contributed by atoms with Crippen LogP contribution < -0.4 is 0 Å². The van der Waals surface area contributed by atoms with E-state index in [1.165, 1.54) is 38.5 Å². The van der Waals surface area contributed by atoms with Crippen LogP contribution in [0.1, 0.15) is 67.9 Å². The second-order valence-electron chi connectivity index (χ2n) is 11.1. The van der Waals surface area contributed by atoms with Crippen molar-refractivity contribution < 1.29 is 14.4 Å². The molecule has 29 heavy (non-hydrogen) atoms. The van der Waals surface area contributed by atoms with Crippen LogP contribution >= 0.6 is 0 Å². The maximum absolute atomic E-state index is 13.6. The minimum atomic E-state index is -0.447. The Morgan fingerprint density at radius 2 is 1.41 bits per heavy atom. The quantitative estimate of drug-likeness (QED) is 0.726. The molecule has 4 nitrogen and oxygen atoms in total. The van der Waals surface area contributed by atoms with Crippen LogP contribution in [0.15, 0.2) is 24.3 Å². The monoisotopic (exact) mass is 389 g/mol. The fourth-order valence-corrected chi connectivity index (χ4v) is 9.00. The molecule has 1 aromatic carbocycles. The van der Waals surface area contributed by atoms with Gasteiger partial charge in [-0.2, -0.15) is 0 Å². The molecule has 1 aliphatic heterocycles. The zero-order valence-corrected chi connectivity index (χ0v) is 16.7. The van der Waals surface area contributed by atoms with Crippen LogP contribution in [0.5, 0.6) is 0 Å². The normalized spacial score (nSPS) is 46.4. The zero-order valence-electron chi connectivity index (χ0n) is 16.7. The SMILES string of the molecule is O=C1CC2c3ccccc3C1C1C(=O)N(CC34CC5CC(CC(C5)C3)C4)C(=O)C21. The molecule has 4 unspecified atom stereocenters. The van der Waals surface area contributed by atoms with E-state index in [0.717, 1.165) is 28.9 Å². The Labute approximate surface area is 171 Å². The highest BCUT2D eigenvalue weighted by Crippen LogP contribution is 2.62. The second-order valence-corrected chi connectivity index (χ2v) is 11.1. The largest absolute Gasteiger partial charge is 0.299 e. The molecule has 1 aromatic rings. The van der Waals surface area contributed by atoms with Gasteiger partial charge in [0, 0.05) is 18.9 Å². The lowest BCUT2D eigenvalue weighted by atomic mass is 9.49. The smallest absolute Gasteiger partial charge is 0.234 e. The van der Waals surface area contributed by atoms with Crippen LogP contribution in [0.4, 0.5) is 0 Å². The predicted molar refractivity (Wildman–Crippen MR) is 106 cm³/mol. The van der Waals surface area contributed by atoms with Gasteiger partial charge in [-0.1, -0.05) is 24.3 Å². The lowest BCUT2D eigenvalue weighted by molar-refractivity contribution is -0.146. The number of benzene rings is 1. The molecule has 1 saturated heterocycles. The highest BCUT2D eigenvalue weighted by atomic mass is 16.2. The van der Waals surface area contributed by atoms with Gasteiger partial charge in [-0.25, -0.2) is 0 Å². The number of rotatable bonds is 2. The first-order valence-electron chi connectivity index (χ1n) is 11.5. The molecule has 5 saturated carbocycles. The third-order valence-electron chi connectivity index (χ3n) is 9.44. The van der Waals surface area contributed by atoms with Crippen LogP contribution in [0, 0.1) is 35.0 Å². The summed E-state index contributed by atoms with van der Waals surface area (Å²) in [5.41, 5.74) is 2.30. The third kappa shape index (κ3) is 2.08. The van der Waals surface area contributed by atoms with Gasteiger partial charge in [0.05, 0.1) is 17.8 Å². The highest BCUT2D eigenvalue weighted by Gasteiger charge is 2.63. The maximum atomic E-state index is 13.6. The van der Waals surface area contributed by atoms with Crippen molar-refractivity contribution in [2.45, 2.75) is 56.8 Å². The second kappa shape index (κ2) is 5.39. The molecule has 4 atom stereocenters. The number of fused-ring (bicyclic) bond motifs is 1.